The molecule has 0 fully saturated rings. The molecule has 2 aromatic carbocycles. The molecule has 0 atom stereocenters. The molecule has 9 heteroatoms. The van der Waals surface area contributed by atoms with Gasteiger partial charge < -0.3 is 9.47 Å². The molecule has 0 bridgehead atoms. The van der Waals surface area contributed by atoms with E-state index in [1.165, 1.54) is 6.07 Å². The van der Waals surface area contributed by atoms with Crippen molar-refractivity contribution >= 4 is 21.5 Å². The van der Waals surface area contributed by atoms with Gasteiger partial charge in [-0.25, -0.2) is 13.2 Å². The van der Waals surface area contributed by atoms with E-state index in [1.807, 2.05) is 6.92 Å². The fraction of sp³-hybridized carbons (Fsp3) is 0.235. The Kier molecular flexibility index (Phi) is 5.93. The molecule has 0 heterocycles. The van der Waals surface area contributed by atoms with Gasteiger partial charge in [-0.05, 0) is 25.1 Å². The van der Waals surface area contributed by atoms with Crippen molar-refractivity contribution in [2.24, 2.45) is 0 Å². The minimum atomic E-state index is -3.80. The lowest BCUT2D eigenvalue weighted by Crippen LogP contribution is -2.09. The number of para-hydroxylation sites is 1. The number of nitro groups is 1. The molecule has 2 rings (SSSR count). The first kappa shape index (κ1) is 19.4. The van der Waals surface area contributed by atoms with Crippen LogP contribution in [0.1, 0.15) is 22.8 Å². The van der Waals surface area contributed by atoms with E-state index in [9.17, 15) is 23.3 Å². The Balaban J connectivity index is 2.23. The number of carbonyl (C=O) groups excluding carboxylic acids is 1. The molecule has 0 amide bonds. The summed E-state index contributed by atoms with van der Waals surface area (Å²) < 4.78 is 33.8. The molecule has 0 saturated carbocycles. The van der Waals surface area contributed by atoms with Crippen LogP contribution in [-0.2, 0) is 21.2 Å². The third-order valence-electron chi connectivity index (χ3n) is 3.42. The summed E-state index contributed by atoms with van der Waals surface area (Å²) in [6.07, 6.45) is 0.859. The number of nitrogens with zero attached hydrogens (tertiary/aromatic N) is 1. The van der Waals surface area contributed by atoms with Crippen LogP contribution in [0.5, 0.6) is 5.75 Å². The van der Waals surface area contributed by atoms with Crippen LogP contribution in [0, 0.1) is 10.1 Å². The van der Waals surface area contributed by atoms with Crippen molar-refractivity contribution in [1.82, 2.24) is 0 Å². The SMILES string of the molecule is CCOc1ccccc1COC(=O)c1ccc(S(C)(=O)=O)c([N+](=O)[O-])c1. The van der Waals surface area contributed by atoms with E-state index >= 15 is 0 Å². The monoisotopic (exact) mass is 379 g/mol. The summed E-state index contributed by atoms with van der Waals surface area (Å²) in [4.78, 5) is 22.0. The maximum atomic E-state index is 12.2. The van der Waals surface area contributed by atoms with Crippen molar-refractivity contribution in [1.29, 1.82) is 0 Å². The average Bonchev–Trinajstić information content (AvgIpc) is 2.59. The van der Waals surface area contributed by atoms with Gasteiger partial charge in [0, 0.05) is 17.9 Å². The van der Waals surface area contributed by atoms with Gasteiger partial charge in [-0.2, -0.15) is 0 Å². The topological polar surface area (TPSA) is 113 Å². The van der Waals surface area contributed by atoms with Crippen molar-refractivity contribution in [2.75, 3.05) is 12.9 Å². The van der Waals surface area contributed by atoms with E-state index in [4.69, 9.17) is 9.47 Å². The molecule has 8 nitrogen and oxygen atoms in total. The Labute approximate surface area is 150 Å². The van der Waals surface area contributed by atoms with E-state index in [0.29, 0.717) is 17.9 Å². The van der Waals surface area contributed by atoms with Gasteiger partial charge in [0.15, 0.2) is 9.84 Å². The average molecular weight is 379 g/mol. The summed E-state index contributed by atoms with van der Waals surface area (Å²) in [6, 6.07) is 10.1. The summed E-state index contributed by atoms with van der Waals surface area (Å²) >= 11 is 0. The first-order valence-electron chi connectivity index (χ1n) is 7.60. The highest BCUT2D eigenvalue weighted by Gasteiger charge is 2.24. The third kappa shape index (κ3) is 4.57. The van der Waals surface area contributed by atoms with Crippen molar-refractivity contribution in [2.45, 2.75) is 18.4 Å². The standard InChI is InChI=1S/C17H17NO7S/c1-3-24-15-7-5-4-6-13(15)11-25-17(19)12-8-9-16(26(2,22)23)14(10-12)18(20)21/h4-10H,3,11H2,1-2H3. The highest BCUT2D eigenvalue weighted by molar-refractivity contribution is 7.90. The lowest BCUT2D eigenvalue weighted by Gasteiger charge is -2.10. The van der Waals surface area contributed by atoms with Crippen LogP contribution in [-0.4, -0.2) is 32.2 Å². The Bertz CT molecular complexity index is 938. The Morgan fingerprint density at radius 1 is 1.19 bits per heavy atom. The molecule has 26 heavy (non-hydrogen) atoms. The van der Waals surface area contributed by atoms with Gasteiger partial charge in [0.1, 0.15) is 17.3 Å². The van der Waals surface area contributed by atoms with E-state index < -0.39 is 31.3 Å². The van der Waals surface area contributed by atoms with Gasteiger partial charge in [-0.3, -0.25) is 10.1 Å². The summed E-state index contributed by atoms with van der Waals surface area (Å²) in [5, 5.41) is 11.1. The molecule has 0 N–H and O–H groups in total. The smallest absolute Gasteiger partial charge is 0.338 e. The molecule has 0 saturated heterocycles. The van der Waals surface area contributed by atoms with Crippen molar-refractivity contribution < 1.29 is 27.6 Å². The largest absolute Gasteiger partial charge is 0.493 e. The zero-order valence-electron chi connectivity index (χ0n) is 14.2. The van der Waals surface area contributed by atoms with Crippen molar-refractivity contribution in [3.05, 3.63) is 63.7 Å². The summed E-state index contributed by atoms with van der Waals surface area (Å²) in [5.41, 5.74) is -0.139. The van der Waals surface area contributed by atoms with E-state index in [2.05, 4.69) is 0 Å². The lowest BCUT2D eigenvalue weighted by molar-refractivity contribution is -0.387. The number of esters is 1. The van der Waals surface area contributed by atoms with Crippen molar-refractivity contribution in [3.8, 4) is 5.75 Å². The number of nitro benzene ring substituents is 1. The summed E-state index contributed by atoms with van der Waals surface area (Å²) in [6.45, 7) is 2.19. The second-order valence-corrected chi connectivity index (χ2v) is 7.31. The Hall–Kier alpha value is -2.94. The van der Waals surface area contributed by atoms with Crippen LogP contribution in [0.25, 0.3) is 0 Å². The van der Waals surface area contributed by atoms with Crippen LogP contribution >= 0.6 is 0 Å². The fourth-order valence-electron chi connectivity index (χ4n) is 2.25. The van der Waals surface area contributed by atoms with E-state index in [1.54, 1.807) is 24.3 Å². The number of hydrogen-bond donors (Lipinski definition) is 0. The highest BCUT2D eigenvalue weighted by atomic mass is 32.2. The second kappa shape index (κ2) is 7.96. The molecule has 0 aliphatic rings. The molecule has 0 unspecified atom stereocenters. The van der Waals surface area contributed by atoms with Gasteiger partial charge in [-0.15, -0.1) is 0 Å². The molecule has 2 aromatic rings. The first-order chi connectivity index (χ1) is 12.2. The number of benzene rings is 2. The van der Waals surface area contributed by atoms with Crippen LogP contribution < -0.4 is 4.74 Å². The molecule has 138 valence electrons. The minimum Gasteiger partial charge on any atom is -0.493 e. The maximum Gasteiger partial charge on any atom is 0.338 e. The van der Waals surface area contributed by atoms with Crippen LogP contribution in [0.4, 0.5) is 5.69 Å². The van der Waals surface area contributed by atoms with Crippen LogP contribution in [0.3, 0.4) is 0 Å². The quantitative estimate of drug-likeness (QED) is 0.413. The zero-order chi connectivity index (χ0) is 19.3. The lowest BCUT2D eigenvalue weighted by atomic mass is 10.2. The molecule has 0 aliphatic heterocycles. The number of sulfone groups is 1. The molecule has 0 radical (unpaired) electrons. The van der Waals surface area contributed by atoms with Gasteiger partial charge in [0.25, 0.3) is 5.69 Å². The minimum absolute atomic E-state index is 0.0867. The molecule has 0 aliphatic carbocycles. The third-order valence-corrected chi connectivity index (χ3v) is 4.57. The predicted octanol–water partition coefficient (Wildman–Crippen LogP) is 2.75. The van der Waals surface area contributed by atoms with E-state index in [-0.39, 0.29) is 12.2 Å². The van der Waals surface area contributed by atoms with Gasteiger partial charge in [0.2, 0.25) is 0 Å². The summed E-state index contributed by atoms with van der Waals surface area (Å²) in [7, 11) is -3.80. The Morgan fingerprint density at radius 3 is 2.50 bits per heavy atom. The normalized spacial score (nSPS) is 11.0. The fourth-order valence-corrected chi connectivity index (χ4v) is 3.08. The molecule has 0 spiro atoms. The maximum absolute atomic E-state index is 12.2. The van der Waals surface area contributed by atoms with E-state index in [0.717, 1.165) is 18.4 Å². The van der Waals surface area contributed by atoms with Crippen LogP contribution in [0.15, 0.2) is 47.4 Å². The van der Waals surface area contributed by atoms with Gasteiger partial charge in [-0.1, -0.05) is 18.2 Å². The first-order valence-corrected chi connectivity index (χ1v) is 9.49. The predicted molar refractivity (Wildman–Crippen MR) is 92.9 cm³/mol. The van der Waals surface area contributed by atoms with Gasteiger partial charge in [0.05, 0.1) is 17.1 Å². The number of carbonyl (C=O) groups is 1. The van der Waals surface area contributed by atoms with Crippen LogP contribution in [0.2, 0.25) is 0 Å². The highest BCUT2D eigenvalue weighted by Crippen LogP contribution is 2.26. The number of rotatable bonds is 7. The Morgan fingerprint density at radius 2 is 1.88 bits per heavy atom. The number of ether oxygens (including phenoxy) is 2. The molecular weight excluding hydrogens is 362 g/mol. The summed E-state index contributed by atoms with van der Waals surface area (Å²) in [5.74, 6) is -0.236. The second-order valence-electron chi connectivity index (χ2n) is 5.33. The molecular formula is C17H17NO7S. The van der Waals surface area contributed by atoms with Gasteiger partial charge >= 0.3 is 5.97 Å². The molecule has 0 aromatic heterocycles. The zero-order valence-corrected chi connectivity index (χ0v) is 15.0. The van der Waals surface area contributed by atoms with Crippen molar-refractivity contribution in [3.63, 3.8) is 0 Å². The number of hydrogen-bond acceptors (Lipinski definition) is 7.